The van der Waals surface area contributed by atoms with E-state index >= 15 is 0 Å². The number of nitrogens with one attached hydrogen (secondary N) is 2. The molecular weight excluding hydrogens is 310 g/mol. The Kier molecular flexibility index (Phi) is 5.78. The van der Waals surface area contributed by atoms with Crippen LogP contribution in [0.2, 0.25) is 0 Å². The van der Waals surface area contributed by atoms with E-state index < -0.39 is 4.92 Å². The highest BCUT2D eigenvalue weighted by Gasteiger charge is 2.09. The number of nitrogens with zero attached hydrogens (tertiary/aromatic N) is 3. The van der Waals surface area contributed by atoms with Gasteiger partial charge in [0.2, 0.25) is 5.91 Å². The van der Waals surface area contributed by atoms with Gasteiger partial charge in [0.15, 0.2) is 5.82 Å². The van der Waals surface area contributed by atoms with E-state index in [2.05, 4.69) is 20.6 Å². The number of rotatable bonds is 7. The zero-order valence-electron chi connectivity index (χ0n) is 13.6. The quantitative estimate of drug-likeness (QED) is 0.595. The third-order valence-electron chi connectivity index (χ3n) is 3.41. The standard InChI is InChI=1S/C16H19N5O3/c1-3-12-10-14(18-9-8-15(22)17-2)20-16(19-12)11-4-6-13(7-5-11)21(23)24/h4-7,10H,3,8-9H2,1-2H3,(H,17,22)(H,18,19,20). The summed E-state index contributed by atoms with van der Waals surface area (Å²) in [6, 6.07) is 7.94. The molecule has 24 heavy (non-hydrogen) atoms. The Morgan fingerprint density at radius 2 is 1.96 bits per heavy atom. The molecule has 0 radical (unpaired) electrons. The largest absolute Gasteiger partial charge is 0.369 e. The molecule has 0 atom stereocenters. The third kappa shape index (κ3) is 4.48. The Balaban J connectivity index is 2.21. The second-order valence-corrected chi connectivity index (χ2v) is 5.08. The molecule has 0 aliphatic heterocycles. The van der Waals surface area contributed by atoms with Crippen LogP contribution in [0.5, 0.6) is 0 Å². The highest BCUT2D eigenvalue weighted by atomic mass is 16.6. The number of aryl methyl sites for hydroxylation is 1. The molecule has 0 spiro atoms. The Labute approximate surface area is 139 Å². The summed E-state index contributed by atoms with van der Waals surface area (Å²) < 4.78 is 0. The SMILES string of the molecule is CCc1cc(NCCC(=O)NC)nc(-c2ccc([N+](=O)[O-])cc2)n1. The minimum absolute atomic E-state index is 0.0225. The number of carbonyl (C=O) groups is 1. The molecular formula is C16H19N5O3. The van der Waals surface area contributed by atoms with E-state index in [1.165, 1.54) is 12.1 Å². The summed E-state index contributed by atoms with van der Waals surface area (Å²) in [6.07, 6.45) is 1.07. The van der Waals surface area contributed by atoms with Crippen LogP contribution in [0.15, 0.2) is 30.3 Å². The first-order valence-electron chi connectivity index (χ1n) is 7.60. The van der Waals surface area contributed by atoms with Gasteiger partial charge in [-0.1, -0.05) is 6.92 Å². The topological polar surface area (TPSA) is 110 Å². The van der Waals surface area contributed by atoms with Gasteiger partial charge in [0, 0.05) is 49.5 Å². The molecule has 0 aliphatic carbocycles. The maximum Gasteiger partial charge on any atom is 0.269 e. The van der Waals surface area contributed by atoms with Crippen LogP contribution in [0, 0.1) is 10.1 Å². The number of carbonyl (C=O) groups excluding carboxylic acids is 1. The van der Waals surface area contributed by atoms with Crippen molar-refractivity contribution in [3.8, 4) is 11.4 Å². The van der Waals surface area contributed by atoms with Crippen molar-refractivity contribution in [3.63, 3.8) is 0 Å². The first kappa shape index (κ1) is 17.3. The van der Waals surface area contributed by atoms with Crippen LogP contribution in [0.3, 0.4) is 0 Å². The second-order valence-electron chi connectivity index (χ2n) is 5.08. The van der Waals surface area contributed by atoms with Crippen molar-refractivity contribution in [3.05, 3.63) is 46.1 Å². The summed E-state index contributed by atoms with van der Waals surface area (Å²) in [5.41, 5.74) is 1.57. The fourth-order valence-electron chi connectivity index (χ4n) is 2.06. The molecule has 1 amide bonds. The van der Waals surface area contributed by atoms with Crippen LogP contribution >= 0.6 is 0 Å². The maximum absolute atomic E-state index is 11.3. The highest BCUT2D eigenvalue weighted by molar-refractivity contribution is 5.76. The minimum Gasteiger partial charge on any atom is -0.369 e. The molecule has 2 aromatic rings. The van der Waals surface area contributed by atoms with Crippen LogP contribution in [0.4, 0.5) is 11.5 Å². The number of amides is 1. The van der Waals surface area contributed by atoms with Crippen LogP contribution in [-0.2, 0) is 11.2 Å². The zero-order valence-corrected chi connectivity index (χ0v) is 13.6. The Morgan fingerprint density at radius 3 is 2.54 bits per heavy atom. The lowest BCUT2D eigenvalue weighted by molar-refractivity contribution is -0.384. The number of hydrogen-bond acceptors (Lipinski definition) is 6. The Hall–Kier alpha value is -3.03. The normalized spacial score (nSPS) is 10.2. The number of benzene rings is 1. The first-order valence-corrected chi connectivity index (χ1v) is 7.60. The summed E-state index contributed by atoms with van der Waals surface area (Å²) in [5, 5.41) is 16.4. The molecule has 0 unspecified atom stereocenters. The number of hydrogen-bond donors (Lipinski definition) is 2. The predicted molar refractivity (Wildman–Crippen MR) is 90.7 cm³/mol. The minimum atomic E-state index is -0.446. The fraction of sp³-hybridized carbons (Fsp3) is 0.312. The molecule has 2 N–H and O–H groups in total. The second kappa shape index (κ2) is 8.00. The smallest absolute Gasteiger partial charge is 0.269 e. The molecule has 2 rings (SSSR count). The van der Waals surface area contributed by atoms with E-state index in [1.807, 2.05) is 13.0 Å². The van der Waals surface area contributed by atoms with Gasteiger partial charge in [0.05, 0.1) is 4.92 Å². The molecule has 0 saturated carbocycles. The first-order chi connectivity index (χ1) is 11.5. The van der Waals surface area contributed by atoms with Crippen molar-refractivity contribution in [2.24, 2.45) is 0 Å². The Bertz CT molecular complexity index is 731. The molecule has 0 bridgehead atoms. The van der Waals surface area contributed by atoms with E-state index in [0.717, 1.165) is 12.1 Å². The van der Waals surface area contributed by atoms with Gasteiger partial charge in [-0.15, -0.1) is 0 Å². The van der Waals surface area contributed by atoms with E-state index in [4.69, 9.17) is 0 Å². The summed E-state index contributed by atoms with van der Waals surface area (Å²) in [6.45, 7) is 2.44. The number of nitro benzene ring substituents is 1. The van der Waals surface area contributed by atoms with E-state index in [1.54, 1.807) is 19.2 Å². The maximum atomic E-state index is 11.3. The highest BCUT2D eigenvalue weighted by Crippen LogP contribution is 2.21. The van der Waals surface area contributed by atoms with Crippen LogP contribution in [-0.4, -0.2) is 34.4 Å². The summed E-state index contributed by atoms with van der Waals surface area (Å²) in [4.78, 5) is 30.4. The number of non-ortho nitro benzene ring substituents is 1. The van der Waals surface area contributed by atoms with Gasteiger partial charge in [-0.25, -0.2) is 9.97 Å². The lowest BCUT2D eigenvalue weighted by Gasteiger charge is -2.09. The molecule has 0 fully saturated rings. The summed E-state index contributed by atoms with van der Waals surface area (Å²) in [7, 11) is 1.59. The van der Waals surface area contributed by atoms with Crippen molar-refractivity contribution in [2.45, 2.75) is 19.8 Å². The van der Waals surface area contributed by atoms with E-state index in [-0.39, 0.29) is 11.6 Å². The molecule has 126 valence electrons. The van der Waals surface area contributed by atoms with Crippen molar-refractivity contribution in [2.75, 3.05) is 18.9 Å². The number of nitro groups is 1. The summed E-state index contributed by atoms with van der Waals surface area (Å²) >= 11 is 0. The van der Waals surface area contributed by atoms with Gasteiger partial charge in [0.25, 0.3) is 5.69 Å². The zero-order chi connectivity index (χ0) is 17.5. The van der Waals surface area contributed by atoms with Crippen LogP contribution in [0.1, 0.15) is 19.0 Å². The fourth-order valence-corrected chi connectivity index (χ4v) is 2.06. The van der Waals surface area contributed by atoms with Crippen molar-refractivity contribution < 1.29 is 9.72 Å². The molecule has 8 nitrogen and oxygen atoms in total. The molecule has 8 heteroatoms. The lowest BCUT2D eigenvalue weighted by atomic mass is 10.2. The van der Waals surface area contributed by atoms with E-state index in [0.29, 0.717) is 30.2 Å². The van der Waals surface area contributed by atoms with Gasteiger partial charge in [-0.2, -0.15) is 0 Å². The lowest BCUT2D eigenvalue weighted by Crippen LogP contribution is -2.21. The Morgan fingerprint density at radius 1 is 1.25 bits per heavy atom. The molecule has 1 aromatic heterocycles. The number of anilines is 1. The van der Waals surface area contributed by atoms with Gasteiger partial charge in [-0.3, -0.25) is 14.9 Å². The molecule has 1 heterocycles. The molecule has 0 aliphatic rings. The predicted octanol–water partition coefficient (Wildman–Crippen LogP) is 2.16. The van der Waals surface area contributed by atoms with Crippen molar-refractivity contribution >= 4 is 17.4 Å². The number of aromatic nitrogens is 2. The van der Waals surface area contributed by atoms with Gasteiger partial charge >= 0.3 is 0 Å². The van der Waals surface area contributed by atoms with Gasteiger partial charge in [0.1, 0.15) is 5.82 Å². The van der Waals surface area contributed by atoms with Gasteiger partial charge < -0.3 is 10.6 Å². The monoisotopic (exact) mass is 329 g/mol. The molecule has 1 aromatic carbocycles. The third-order valence-corrected chi connectivity index (χ3v) is 3.41. The average Bonchev–Trinajstić information content (AvgIpc) is 2.61. The summed E-state index contributed by atoms with van der Waals surface area (Å²) in [5.74, 6) is 1.06. The van der Waals surface area contributed by atoms with Crippen molar-refractivity contribution in [1.82, 2.24) is 15.3 Å². The van der Waals surface area contributed by atoms with Crippen LogP contribution in [0.25, 0.3) is 11.4 Å². The van der Waals surface area contributed by atoms with Crippen molar-refractivity contribution in [1.29, 1.82) is 0 Å². The van der Waals surface area contributed by atoms with Gasteiger partial charge in [-0.05, 0) is 18.6 Å². The van der Waals surface area contributed by atoms with E-state index in [9.17, 15) is 14.9 Å². The van der Waals surface area contributed by atoms with Crippen LogP contribution < -0.4 is 10.6 Å². The average molecular weight is 329 g/mol. The molecule has 0 saturated heterocycles.